The van der Waals surface area contributed by atoms with Gasteiger partial charge in [-0.2, -0.15) is 0 Å². The number of nitrogens with one attached hydrogen (secondary N) is 2. The van der Waals surface area contributed by atoms with Crippen LogP contribution in [0.25, 0.3) is 22.5 Å². The first-order valence-corrected chi connectivity index (χ1v) is 18.6. The van der Waals surface area contributed by atoms with Gasteiger partial charge >= 0.3 is 0 Å². The normalized spacial score (nSPS) is 20.4. The number of hydrogen-bond acceptors (Lipinski definition) is 6. The highest BCUT2D eigenvalue weighted by Crippen LogP contribution is 2.35. The summed E-state index contributed by atoms with van der Waals surface area (Å²) in [6.45, 7) is 1.18. The molecule has 0 bridgehead atoms. The SMILES string of the molecule is O=C([C@H](O)c1ccccc1)N1CCC[C@H]1c1ncc(-c2ccc(C#Cc3ccc(-c4cnc([C@@H]5CCCN5C(=O)[C@H](O)C5C=CC=CC5)[nH]4)cc3)cc2)[nH]1. The Hall–Kier alpha value is -6.02. The number of likely N-dealkylation sites (tertiary alicyclic amines) is 2. The van der Waals surface area contributed by atoms with Crippen molar-refractivity contribution in [2.45, 2.75) is 56.4 Å². The number of carbonyl (C=O) groups excluding carboxylic acids is 2. The van der Waals surface area contributed by atoms with Gasteiger partial charge in [-0.3, -0.25) is 9.59 Å². The van der Waals surface area contributed by atoms with Crippen LogP contribution in [0.1, 0.15) is 78.6 Å². The molecule has 2 aromatic heterocycles. The average molecular weight is 719 g/mol. The van der Waals surface area contributed by atoms with E-state index in [1.807, 2.05) is 91.0 Å². The van der Waals surface area contributed by atoms with E-state index in [9.17, 15) is 19.8 Å². The number of H-pyrrole nitrogens is 2. The molecule has 5 aromatic rings. The minimum Gasteiger partial charge on any atom is -0.383 e. The lowest BCUT2D eigenvalue weighted by atomic mass is 9.94. The number of aliphatic hydroxyl groups excluding tert-OH is 2. The number of allylic oxidation sites excluding steroid dienone is 3. The molecule has 2 amide bonds. The van der Waals surface area contributed by atoms with Gasteiger partial charge in [0.25, 0.3) is 11.8 Å². The Morgan fingerprint density at radius 1 is 0.704 bits per heavy atom. The molecule has 0 saturated carbocycles. The molecule has 5 atom stereocenters. The molecule has 2 fully saturated rings. The van der Waals surface area contributed by atoms with E-state index in [0.717, 1.165) is 65.1 Å². The molecule has 1 unspecified atom stereocenters. The van der Waals surface area contributed by atoms with E-state index in [2.05, 4.69) is 31.8 Å². The molecule has 10 heteroatoms. The van der Waals surface area contributed by atoms with Gasteiger partial charge in [0.2, 0.25) is 0 Å². The molecule has 0 radical (unpaired) electrons. The number of carbonyl (C=O) groups is 2. The predicted octanol–water partition coefficient (Wildman–Crippen LogP) is 6.42. The molecule has 2 aliphatic heterocycles. The summed E-state index contributed by atoms with van der Waals surface area (Å²) in [6.07, 6.45) is 13.0. The van der Waals surface area contributed by atoms with Crippen molar-refractivity contribution < 1.29 is 19.8 Å². The van der Waals surface area contributed by atoms with Crippen LogP contribution in [-0.2, 0) is 9.59 Å². The van der Waals surface area contributed by atoms with E-state index in [0.29, 0.717) is 30.9 Å². The summed E-state index contributed by atoms with van der Waals surface area (Å²) in [7, 11) is 0. The number of aromatic nitrogens is 4. The number of aromatic amines is 2. The number of amides is 2. The van der Waals surface area contributed by atoms with E-state index < -0.39 is 12.2 Å². The van der Waals surface area contributed by atoms with E-state index in [1.54, 1.807) is 34.3 Å². The summed E-state index contributed by atoms with van der Waals surface area (Å²) in [5.74, 6) is 7.20. The van der Waals surface area contributed by atoms with Gasteiger partial charge in [-0.05, 0) is 73.1 Å². The van der Waals surface area contributed by atoms with Crippen LogP contribution in [0, 0.1) is 17.8 Å². The lowest BCUT2D eigenvalue weighted by molar-refractivity contribution is -0.143. The third-order valence-electron chi connectivity index (χ3n) is 10.7. The van der Waals surface area contributed by atoms with Gasteiger partial charge in [0.1, 0.15) is 17.8 Å². The van der Waals surface area contributed by atoms with Crippen molar-refractivity contribution in [1.29, 1.82) is 0 Å². The minimum atomic E-state index is -1.20. The van der Waals surface area contributed by atoms with Gasteiger partial charge < -0.3 is 30.0 Å². The number of nitrogens with zero attached hydrogens (tertiary/aromatic N) is 4. The number of aliphatic hydroxyl groups is 2. The summed E-state index contributed by atoms with van der Waals surface area (Å²) in [5, 5.41) is 21.6. The molecule has 1 aliphatic carbocycles. The Morgan fingerprint density at radius 2 is 1.24 bits per heavy atom. The Kier molecular flexibility index (Phi) is 10.1. The molecule has 4 N–H and O–H groups in total. The third-order valence-corrected chi connectivity index (χ3v) is 10.7. The van der Waals surface area contributed by atoms with E-state index in [-0.39, 0.29) is 29.8 Å². The van der Waals surface area contributed by atoms with Gasteiger partial charge in [-0.1, -0.05) is 90.7 Å². The Morgan fingerprint density at radius 3 is 1.76 bits per heavy atom. The molecule has 3 aromatic carbocycles. The first-order valence-electron chi connectivity index (χ1n) is 18.6. The Bertz CT molecular complexity index is 2230. The average Bonchev–Trinajstić information content (AvgIpc) is 4.07. The first kappa shape index (κ1) is 35.0. The van der Waals surface area contributed by atoms with Crippen molar-refractivity contribution in [2.75, 3.05) is 13.1 Å². The Balaban J connectivity index is 0.886. The van der Waals surface area contributed by atoms with Crippen LogP contribution in [0.2, 0.25) is 0 Å². The topological polar surface area (TPSA) is 138 Å². The highest BCUT2D eigenvalue weighted by atomic mass is 16.3. The molecule has 2 saturated heterocycles. The van der Waals surface area contributed by atoms with Crippen LogP contribution in [0.15, 0.2) is 116 Å². The molecular formula is C44H42N6O4. The van der Waals surface area contributed by atoms with Crippen LogP contribution >= 0.6 is 0 Å². The fourth-order valence-electron chi connectivity index (χ4n) is 7.67. The fourth-order valence-corrected chi connectivity index (χ4v) is 7.67. The van der Waals surface area contributed by atoms with E-state index in [1.165, 1.54) is 0 Å². The number of hydrogen-bond donors (Lipinski definition) is 4. The molecule has 0 spiro atoms. The number of benzene rings is 3. The summed E-state index contributed by atoms with van der Waals surface area (Å²) in [4.78, 5) is 46.1. The standard InChI is InChI=1S/C44H42N6O4/c51-39(33-9-3-1-4-10-33)43(53)49-25-7-13-37(49)41-45-27-35(47-41)31-21-17-29(18-22-31)15-16-30-19-23-32(24-20-30)36-28-46-42(48-36)38-14-8-26-50(38)44(54)40(52)34-11-5-2-6-12-34/h1-6,9-11,17-24,27-28,34,37-40,51-52H,7-8,12-14,25-26H2,(H,45,47)(H,46,48)/t34?,37-,38-,39+,40+/m0/s1. The molecular weight excluding hydrogens is 677 g/mol. The quantitative estimate of drug-likeness (QED) is 0.137. The van der Waals surface area contributed by atoms with E-state index in [4.69, 9.17) is 0 Å². The molecule has 272 valence electrons. The van der Waals surface area contributed by atoms with Crippen molar-refractivity contribution in [3.05, 3.63) is 144 Å². The third kappa shape index (κ3) is 7.29. The highest BCUT2D eigenvalue weighted by Gasteiger charge is 2.38. The summed E-state index contributed by atoms with van der Waals surface area (Å²) in [5.41, 5.74) is 5.98. The van der Waals surface area contributed by atoms with Gasteiger partial charge in [0.15, 0.2) is 6.10 Å². The number of imidazole rings is 2. The van der Waals surface area contributed by atoms with E-state index >= 15 is 0 Å². The predicted molar refractivity (Wildman–Crippen MR) is 205 cm³/mol. The highest BCUT2D eigenvalue weighted by molar-refractivity contribution is 5.83. The largest absolute Gasteiger partial charge is 0.383 e. The molecule has 10 nitrogen and oxygen atoms in total. The molecule has 3 aliphatic rings. The minimum absolute atomic E-state index is 0.190. The maximum Gasteiger partial charge on any atom is 0.256 e. The second-order valence-electron chi connectivity index (χ2n) is 14.1. The molecule has 4 heterocycles. The van der Waals surface area contributed by atoms with Gasteiger partial charge in [0, 0.05) is 30.1 Å². The smallest absolute Gasteiger partial charge is 0.256 e. The van der Waals surface area contributed by atoms with Crippen molar-refractivity contribution in [2.24, 2.45) is 5.92 Å². The number of rotatable bonds is 8. The summed E-state index contributed by atoms with van der Waals surface area (Å²) < 4.78 is 0. The lowest BCUT2D eigenvalue weighted by Crippen LogP contribution is -2.42. The summed E-state index contributed by atoms with van der Waals surface area (Å²) in [6, 6.07) is 24.5. The zero-order valence-electron chi connectivity index (χ0n) is 29.8. The molecule has 8 rings (SSSR count). The van der Waals surface area contributed by atoms with Crippen molar-refractivity contribution in [1.82, 2.24) is 29.7 Å². The van der Waals surface area contributed by atoms with Crippen LogP contribution in [0.5, 0.6) is 0 Å². The van der Waals surface area contributed by atoms with Crippen LogP contribution in [0.4, 0.5) is 0 Å². The second kappa shape index (κ2) is 15.5. The fraction of sp³-hybridized carbons (Fsp3) is 0.273. The maximum absolute atomic E-state index is 13.3. The van der Waals surface area contributed by atoms with Crippen molar-refractivity contribution in [3.63, 3.8) is 0 Å². The van der Waals surface area contributed by atoms with Crippen LogP contribution < -0.4 is 0 Å². The van der Waals surface area contributed by atoms with Gasteiger partial charge in [0.05, 0.1) is 35.9 Å². The summed E-state index contributed by atoms with van der Waals surface area (Å²) >= 11 is 0. The van der Waals surface area contributed by atoms with Crippen molar-refractivity contribution in [3.8, 4) is 34.4 Å². The van der Waals surface area contributed by atoms with Gasteiger partial charge in [-0.15, -0.1) is 0 Å². The lowest BCUT2D eigenvalue weighted by Gasteiger charge is -2.28. The first-order chi connectivity index (χ1) is 26.4. The monoisotopic (exact) mass is 718 g/mol. The van der Waals surface area contributed by atoms with Gasteiger partial charge in [-0.25, -0.2) is 9.97 Å². The van der Waals surface area contributed by atoms with Crippen LogP contribution in [0.3, 0.4) is 0 Å². The maximum atomic E-state index is 13.3. The Labute approximate surface area is 314 Å². The van der Waals surface area contributed by atoms with Crippen LogP contribution in [-0.4, -0.2) is 71.0 Å². The zero-order valence-corrected chi connectivity index (χ0v) is 29.8. The second-order valence-corrected chi connectivity index (χ2v) is 14.1. The zero-order chi connectivity index (χ0) is 37.0. The van der Waals surface area contributed by atoms with Crippen molar-refractivity contribution >= 4 is 11.8 Å². The molecule has 54 heavy (non-hydrogen) atoms.